The molecule has 1 aliphatic rings. The molecule has 0 aromatic rings. The van der Waals surface area contributed by atoms with Gasteiger partial charge in [0.15, 0.2) is 0 Å². The van der Waals surface area contributed by atoms with Gasteiger partial charge in [-0.3, -0.25) is 4.79 Å². The van der Waals surface area contributed by atoms with Crippen molar-refractivity contribution < 1.29 is 9.53 Å². The lowest BCUT2D eigenvalue weighted by Crippen LogP contribution is -2.14. The van der Waals surface area contributed by atoms with Gasteiger partial charge in [-0.25, -0.2) is 0 Å². The Balaban J connectivity index is 2.49. The van der Waals surface area contributed by atoms with Crippen LogP contribution < -0.4 is 0 Å². The SMILES string of the molecule is CC(C)=C/C=C1/CCC(=O)OC1. The summed E-state index contributed by atoms with van der Waals surface area (Å²) in [5, 5.41) is 0. The average Bonchev–Trinajstić information content (AvgIpc) is 2.03. The third kappa shape index (κ3) is 2.91. The van der Waals surface area contributed by atoms with Crippen LogP contribution >= 0.6 is 0 Å². The molecule has 66 valence electrons. The summed E-state index contributed by atoms with van der Waals surface area (Å²) in [5.74, 6) is -0.0793. The van der Waals surface area contributed by atoms with E-state index in [4.69, 9.17) is 4.74 Å². The van der Waals surface area contributed by atoms with E-state index in [9.17, 15) is 4.79 Å². The van der Waals surface area contributed by atoms with Crippen LogP contribution in [0.25, 0.3) is 0 Å². The number of ether oxygens (including phenoxy) is 1. The number of hydrogen-bond donors (Lipinski definition) is 0. The molecule has 1 saturated heterocycles. The largest absolute Gasteiger partial charge is 0.461 e. The summed E-state index contributed by atoms with van der Waals surface area (Å²) in [7, 11) is 0. The van der Waals surface area contributed by atoms with Crippen LogP contribution in [0.5, 0.6) is 0 Å². The van der Waals surface area contributed by atoms with Crippen molar-refractivity contribution in [1.82, 2.24) is 0 Å². The summed E-state index contributed by atoms with van der Waals surface area (Å²) in [5.41, 5.74) is 2.47. The van der Waals surface area contributed by atoms with Crippen LogP contribution in [0.3, 0.4) is 0 Å². The number of allylic oxidation sites excluding steroid dienone is 3. The maximum Gasteiger partial charge on any atom is 0.306 e. The van der Waals surface area contributed by atoms with Gasteiger partial charge >= 0.3 is 5.97 Å². The minimum absolute atomic E-state index is 0.0793. The molecule has 1 aliphatic heterocycles. The van der Waals surface area contributed by atoms with Crippen LogP contribution in [0.1, 0.15) is 26.7 Å². The predicted octanol–water partition coefficient (Wildman–Crippen LogP) is 2.22. The molecule has 0 amide bonds. The molecule has 0 bridgehead atoms. The van der Waals surface area contributed by atoms with Crippen LogP contribution in [0.2, 0.25) is 0 Å². The van der Waals surface area contributed by atoms with E-state index >= 15 is 0 Å². The molecule has 1 fully saturated rings. The smallest absolute Gasteiger partial charge is 0.306 e. The van der Waals surface area contributed by atoms with Crippen LogP contribution in [0.15, 0.2) is 23.3 Å². The first kappa shape index (κ1) is 9.04. The Bertz CT molecular complexity index is 220. The summed E-state index contributed by atoms with van der Waals surface area (Å²) in [6, 6.07) is 0. The van der Waals surface area contributed by atoms with E-state index in [1.807, 2.05) is 19.9 Å². The van der Waals surface area contributed by atoms with E-state index in [2.05, 4.69) is 6.08 Å². The number of esters is 1. The van der Waals surface area contributed by atoms with Gasteiger partial charge in [0.2, 0.25) is 0 Å². The molecule has 2 heteroatoms. The molecule has 0 N–H and O–H groups in total. The van der Waals surface area contributed by atoms with E-state index in [0.717, 1.165) is 6.42 Å². The van der Waals surface area contributed by atoms with E-state index in [0.29, 0.717) is 13.0 Å². The molecule has 0 radical (unpaired) electrons. The average molecular weight is 166 g/mol. The lowest BCUT2D eigenvalue weighted by atomic mass is 10.1. The van der Waals surface area contributed by atoms with Crippen molar-refractivity contribution in [3.8, 4) is 0 Å². The molecule has 0 unspecified atom stereocenters. The summed E-state index contributed by atoms with van der Waals surface area (Å²) in [4.78, 5) is 10.7. The topological polar surface area (TPSA) is 26.3 Å². The summed E-state index contributed by atoms with van der Waals surface area (Å²) in [6.45, 7) is 4.57. The Labute approximate surface area is 72.9 Å². The Morgan fingerprint density at radius 1 is 1.42 bits per heavy atom. The highest BCUT2D eigenvalue weighted by atomic mass is 16.5. The van der Waals surface area contributed by atoms with E-state index in [1.54, 1.807) is 0 Å². The fourth-order valence-electron chi connectivity index (χ4n) is 0.996. The van der Waals surface area contributed by atoms with Crippen LogP contribution in [0, 0.1) is 0 Å². The highest BCUT2D eigenvalue weighted by molar-refractivity contribution is 5.71. The second kappa shape index (κ2) is 4.10. The van der Waals surface area contributed by atoms with E-state index < -0.39 is 0 Å². The highest BCUT2D eigenvalue weighted by Gasteiger charge is 2.12. The zero-order valence-electron chi connectivity index (χ0n) is 7.59. The van der Waals surface area contributed by atoms with Crippen LogP contribution in [-0.4, -0.2) is 12.6 Å². The van der Waals surface area contributed by atoms with Crippen LogP contribution in [-0.2, 0) is 9.53 Å². The van der Waals surface area contributed by atoms with Gasteiger partial charge in [-0.05, 0) is 25.8 Å². The third-order valence-corrected chi connectivity index (χ3v) is 1.72. The van der Waals surface area contributed by atoms with Crippen molar-refractivity contribution in [3.63, 3.8) is 0 Å². The Morgan fingerprint density at radius 3 is 2.67 bits per heavy atom. The summed E-state index contributed by atoms with van der Waals surface area (Å²) < 4.78 is 4.89. The van der Waals surface area contributed by atoms with Gasteiger partial charge in [-0.1, -0.05) is 17.7 Å². The molecule has 0 aliphatic carbocycles. The van der Waals surface area contributed by atoms with Gasteiger partial charge in [-0.15, -0.1) is 0 Å². The zero-order chi connectivity index (χ0) is 8.97. The quantitative estimate of drug-likeness (QED) is 0.558. The van der Waals surface area contributed by atoms with Crippen molar-refractivity contribution in [2.24, 2.45) is 0 Å². The predicted molar refractivity (Wildman–Crippen MR) is 47.7 cm³/mol. The first-order valence-electron chi connectivity index (χ1n) is 4.17. The standard InChI is InChI=1S/C10H14O2/c1-8(2)3-4-9-5-6-10(11)12-7-9/h3-4H,5-7H2,1-2H3/b9-4-. The van der Waals surface area contributed by atoms with Crippen molar-refractivity contribution >= 4 is 5.97 Å². The number of carbonyl (C=O) groups is 1. The van der Waals surface area contributed by atoms with Gasteiger partial charge < -0.3 is 4.74 Å². The van der Waals surface area contributed by atoms with Crippen molar-refractivity contribution in [2.75, 3.05) is 6.61 Å². The number of rotatable bonds is 1. The number of carbonyl (C=O) groups excluding carboxylic acids is 1. The highest BCUT2D eigenvalue weighted by Crippen LogP contribution is 2.13. The molecule has 2 nitrogen and oxygen atoms in total. The van der Waals surface area contributed by atoms with Crippen molar-refractivity contribution in [2.45, 2.75) is 26.7 Å². The molecule has 0 aromatic heterocycles. The first-order valence-corrected chi connectivity index (χ1v) is 4.17. The minimum Gasteiger partial charge on any atom is -0.461 e. The summed E-state index contributed by atoms with van der Waals surface area (Å²) in [6.07, 6.45) is 5.47. The molecule has 0 spiro atoms. The van der Waals surface area contributed by atoms with Gasteiger partial charge in [-0.2, -0.15) is 0 Å². The maximum absolute atomic E-state index is 10.7. The van der Waals surface area contributed by atoms with Crippen molar-refractivity contribution in [1.29, 1.82) is 0 Å². The van der Waals surface area contributed by atoms with E-state index in [1.165, 1.54) is 11.1 Å². The fraction of sp³-hybridized carbons (Fsp3) is 0.500. The van der Waals surface area contributed by atoms with Crippen molar-refractivity contribution in [3.05, 3.63) is 23.3 Å². The van der Waals surface area contributed by atoms with Crippen LogP contribution in [0.4, 0.5) is 0 Å². The molecule has 1 rings (SSSR count). The molecule has 0 aromatic carbocycles. The maximum atomic E-state index is 10.7. The third-order valence-electron chi connectivity index (χ3n) is 1.72. The van der Waals surface area contributed by atoms with Gasteiger partial charge in [0.25, 0.3) is 0 Å². The molecular weight excluding hydrogens is 152 g/mol. The number of cyclic esters (lactones) is 1. The normalized spacial score (nSPS) is 20.5. The Hall–Kier alpha value is -1.05. The van der Waals surface area contributed by atoms with E-state index in [-0.39, 0.29) is 5.97 Å². The van der Waals surface area contributed by atoms with Gasteiger partial charge in [0.1, 0.15) is 6.61 Å². The number of hydrogen-bond acceptors (Lipinski definition) is 2. The molecule has 1 heterocycles. The molecule has 0 saturated carbocycles. The Morgan fingerprint density at radius 2 is 2.17 bits per heavy atom. The second-order valence-electron chi connectivity index (χ2n) is 3.23. The first-order chi connectivity index (χ1) is 5.68. The fourth-order valence-corrected chi connectivity index (χ4v) is 0.996. The molecule has 12 heavy (non-hydrogen) atoms. The summed E-state index contributed by atoms with van der Waals surface area (Å²) >= 11 is 0. The lowest BCUT2D eigenvalue weighted by molar-refractivity contribution is -0.144. The minimum atomic E-state index is -0.0793. The Kier molecular flexibility index (Phi) is 3.09. The second-order valence-corrected chi connectivity index (χ2v) is 3.23. The lowest BCUT2D eigenvalue weighted by Gasteiger charge is -2.13. The molecular formula is C10H14O2. The van der Waals surface area contributed by atoms with Gasteiger partial charge in [0, 0.05) is 6.42 Å². The molecule has 0 atom stereocenters. The monoisotopic (exact) mass is 166 g/mol. The van der Waals surface area contributed by atoms with Gasteiger partial charge in [0.05, 0.1) is 0 Å². The zero-order valence-corrected chi connectivity index (χ0v) is 7.59.